The zero-order valence-electron chi connectivity index (χ0n) is 18.0. The number of benzene rings is 2. The van der Waals surface area contributed by atoms with Crippen molar-refractivity contribution < 1.29 is 8.42 Å². The molecule has 30 heavy (non-hydrogen) atoms. The Morgan fingerprint density at radius 1 is 1.17 bits per heavy atom. The fourth-order valence-corrected chi connectivity index (χ4v) is 5.03. The molecule has 0 radical (unpaired) electrons. The second kappa shape index (κ2) is 10.1. The maximum Gasteiger partial charge on any atom is 0.240 e. The van der Waals surface area contributed by atoms with E-state index in [4.69, 9.17) is 0 Å². The first-order chi connectivity index (χ1) is 14.5. The van der Waals surface area contributed by atoms with Crippen LogP contribution in [0.1, 0.15) is 36.8 Å². The van der Waals surface area contributed by atoms with Crippen molar-refractivity contribution in [3.8, 4) is 0 Å². The SMILES string of the molecule is CCC1CN(C(=NC)NCc2cccc(S(=O)(=O)NC)c2)CCC1c1ccccc1. The van der Waals surface area contributed by atoms with Gasteiger partial charge in [0.05, 0.1) is 4.90 Å². The molecule has 1 heterocycles. The lowest BCUT2D eigenvalue weighted by Gasteiger charge is -2.40. The average Bonchev–Trinajstić information content (AvgIpc) is 2.80. The second-order valence-corrected chi connectivity index (χ2v) is 9.56. The Morgan fingerprint density at radius 3 is 2.60 bits per heavy atom. The van der Waals surface area contributed by atoms with Gasteiger partial charge in [-0.05, 0) is 48.6 Å². The highest BCUT2D eigenvalue weighted by Gasteiger charge is 2.30. The fraction of sp³-hybridized carbons (Fsp3) is 0.435. The minimum absolute atomic E-state index is 0.272. The number of hydrogen-bond donors (Lipinski definition) is 2. The lowest BCUT2D eigenvalue weighted by molar-refractivity contribution is 0.215. The molecule has 2 N–H and O–H groups in total. The zero-order valence-corrected chi connectivity index (χ0v) is 18.8. The van der Waals surface area contributed by atoms with Crippen LogP contribution >= 0.6 is 0 Å². The summed E-state index contributed by atoms with van der Waals surface area (Å²) in [5.41, 5.74) is 2.33. The van der Waals surface area contributed by atoms with Crippen LogP contribution in [0, 0.1) is 5.92 Å². The van der Waals surface area contributed by atoms with Crippen molar-refractivity contribution >= 4 is 16.0 Å². The number of nitrogens with one attached hydrogen (secondary N) is 2. The standard InChI is InChI=1S/C23H32N4O2S/c1-4-19-17-27(14-13-22(19)20-10-6-5-7-11-20)23(24-2)26-16-18-9-8-12-21(15-18)30(28,29)25-3/h5-12,15,19,22,25H,4,13-14,16-17H2,1-3H3,(H,24,26). The molecule has 7 heteroatoms. The van der Waals surface area contributed by atoms with Crippen LogP contribution in [0.25, 0.3) is 0 Å². The molecule has 1 aliphatic heterocycles. The third kappa shape index (κ3) is 5.21. The van der Waals surface area contributed by atoms with Crippen LogP contribution in [0.5, 0.6) is 0 Å². The van der Waals surface area contributed by atoms with Crippen LogP contribution in [0.3, 0.4) is 0 Å². The van der Waals surface area contributed by atoms with Crippen molar-refractivity contribution in [3.05, 3.63) is 65.7 Å². The van der Waals surface area contributed by atoms with E-state index in [1.54, 1.807) is 25.2 Å². The van der Waals surface area contributed by atoms with Gasteiger partial charge in [0.25, 0.3) is 0 Å². The van der Waals surface area contributed by atoms with Crippen LogP contribution in [0.2, 0.25) is 0 Å². The molecule has 2 atom stereocenters. The Kier molecular flexibility index (Phi) is 7.50. The smallest absolute Gasteiger partial charge is 0.240 e. The summed E-state index contributed by atoms with van der Waals surface area (Å²) >= 11 is 0. The molecule has 0 bridgehead atoms. The Morgan fingerprint density at radius 2 is 1.93 bits per heavy atom. The minimum atomic E-state index is -3.45. The van der Waals surface area contributed by atoms with Crippen molar-refractivity contribution in [1.29, 1.82) is 0 Å². The quantitative estimate of drug-likeness (QED) is 0.547. The molecule has 0 spiro atoms. The number of aliphatic imine (C=N–C) groups is 1. The molecule has 2 aromatic carbocycles. The van der Waals surface area contributed by atoms with E-state index in [9.17, 15) is 8.42 Å². The first-order valence-corrected chi connectivity index (χ1v) is 12.0. The molecule has 1 fully saturated rings. The molecule has 2 aromatic rings. The summed E-state index contributed by atoms with van der Waals surface area (Å²) in [6, 6.07) is 17.8. The van der Waals surface area contributed by atoms with Crippen LogP contribution in [-0.4, -0.2) is 46.5 Å². The lowest BCUT2D eigenvalue weighted by Crippen LogP contribution is -2.48. The molecule has 2 unspecified atom stereocenters. The Bertz CT molecular complexity index is 960. The Balaban J connectivity index is 1.66. The summed E-state index contributed by atoms with van der Waals surface area (Å²) in [7, 11) is -0.225. The van der Waals surface area contributed by atoms with E-state index in [2.05, 4.69) is 57.2 Å². The van der Waals surface area contributed by atoms with E-state index in [1.807, 2.05) is 6.07 Å². The van der Waals surface area contributed by atoms with Gasteiger partial charge in [-0.25, -0.2) is 13.1 Å². The first-order valence-electron chi connectivity index (χ1n) is 10.5. The van der Waals surface area contributed by atoms with Gasteiger partial charge in [0.1, 0.15) is 0 Å². The van der Waals surface area contributed by atoms with E-state index >= 15 is 0 Å². The topological polar surface area (TPSA) is 73.8 Å². The van der Waals surface area contributed by atoms with Crippen LogP contribution in [-0.2, 0) is 16.6 Å². The summed E-state index contributed by atoms with van der Waals surface area (Å²) in [6.07, 6.45) is 2.22. The molecule has 1 aliphatic rings. The van der Waals surface area contributed by atoms with E-state index < -0.39 is 10.0 Å². The number of likely N-dealkylation sites (tertiary alicyclic amines) is 1. The van der Waals surface area contributed by atoms with E-state index in [1.165, 1.54) is 12.6 Å². The molecule has 3 rings (SSSR count). The average molecular weight is 429 g/mol. The summed E-state index contributed by atoms with van der Waals surface area (Å²) in [6.45, 7) is 4.69. The fourth-order valence-electron chi connectivity index (χ4n) is 4.23. The third-order valence-electron chi connectivity index (χ3n) is 5.93. The number of sulfonamides is 1. The van der Waals surface area contributed by atoms with Crippen LogP contribution < -0.4 is 10.0 Å². The summed E-state index contributed by atoms with van der Waals surface area (Å²) in [5, 5.41) is 3.41. The molecule has 162 valence electrons. The van der Waals surface area contributed by atoms with Gasteiger partial charge < -0.3 is 10.2 Å². The largest absolute Gasteiger partial charge is 0.352 e. The maximum absolute atomic E-state index is 12.0. The van der Waals surface area contributed by atoms with Gasteiger partial charge in [0, 0.05) is 26.7 Å². The van der Waals surface area contributed by atoms with Gasteiger partial charge in [-0.1, -0.05) is 55.8 Å². The third-order valence-corrected chi connectivity index (χ3v) is 7.34. The first kappa shape index (κ1) is 22.3. The summed E-state index contributed by atoms with van der Waals surface area (Å²) in [4.78, 5) is 7.07. The molecule has 0 aliphatic carbocycles. The summed E-state index contributed by atoms with van der Waals surface area (Å²) in [5.74, 6) is 2.01. The summed E-state index contributed by atoms with van der Waals surface area (Å²) < 4.78 is 26.5. The number of rotatable bonds is 6. The number of guanidine groups is 1. The molecular weight excluding hydrogens is 396 g/mol. The van der Waals surface area contributed by atoms with Gasteiger partial charge >= 0.3 is 0 Å². The maximum atomic E-state index is 12.0. The molecule has 0 amide bonds. The highest BCUT2D eigenvalue weighted by molar-refractivity contribution is 7.89. The van der Waals surface area contributed by atoms with Gasteiger partial charge in [0.2, 0.25) is 10.0 Å². The van der Waals surface area contributed by atoms with Crippen molar-refractivity contribution in [2.75, 3.05) is 27.2 Å². The van der Waals surface area contributed by atoms with Crippen LogP contribution in [0.4, 0.5) is 0 Å². The van der Waals surface area contributed by atoms with Gasteiger partial charge in [-0.2, -0.15) is 0 Å². The number of nitrogens with zero attached hydrogens (tertiary/aromatic N) is 2. The van der Waals surface area contributed by atoms with Crippen molar-refractivity contribution in [1.82, 2.24) is 14.9 Å². The normalized spacial score (nSPS) is 20.2. The van der Waals surface area contributed by atoms with Gasteiger partial charge in [0.15, 0.2) is 5.96 Å². The number of piperidine rings is 1. The highest BCUT2D eigenvalue weighted by atomic mass is 32.2. The van der Waals surface area contributed by atoms with Gasteiger partial charge in [-0.15, -0.1) is 0 Å². The highest BCUT2D eigenvalue weighted by Crippen LogP contribution is 2.34. The minimum Gasteiger partial charge on any atom is -0.352 e. The predicted octanol–water partition coefficient (Wildman–Crippen LogP) is 3.19. The molecule has 0 aromatic heterocycles. The Labute approximate surface area is 180 Å². The molecule has 6 nitrogen and oxygen atoms in total. The molecule has 1 saturated heterocycles. The molecule has 0 saturated carbocycles. The van der Waals surface area contributed by atoms with Crippen molar-refractivity contribution in [2.45, 2.75) is 37.1 Å². The molecular formula is C23H32N4O2S. The Hall–Kier alpha value is -2.38. The van der Waals surface area contributed by atoms with E-state index in [0.717, 1.165) is 37.5 Å². The van der Waals surface area contributed by atoms with Crippen molar-refractivity contribution in [2.24, 2.45) is 10.9 Å². The van der Waals surface area contributed by atoms with E-state index in [-0.39, 0.29) is 4.90 Å². The van der Waals surface area contributed by atoms with E-state index in [0.29, 0.717) is 18.4 Å². The zero-order chi connectivity index (χ0) is 21.6. The predicted molar refractivity (Wildman–Crippen MR) is 122 cm³/mol. The second-order valence-electron chi connectivity index (χ2n) is 7.68. The monoisotopic (exact) mass is 428 g/mol. The van der Waals surface area contributed by atoms with Crippen molar-refractivity contribution in [3.63, 3.8) is 0 Å². The lowest BCUT2D eigenvalue weighted by atomic mass is 9.79. The van der Waals surface area contributed by atoms with Gasteiger partial charge in [-0.3, -0.25) is 4.99 Å². The van der Waals surface area contributed by atoms with Crippen LogP contribution in [0.15, 0.2) is 64.5 Å². The number of hydrogen-bond acceptors (Lipinski definition) is 3.